The number of hydrogen-bond acceptors (Lipinski definition) is 3. The van der Waals surface area contributed by atoms with E-state index in [0.717, 1.165) is 31.0 Å². The fraction of sp³-hybridized carbons (Fsp3) is 0.500. The van der Waals surface area contributed by atoms with Gasteiger partial charge in [-0.1, -0.05) is 23.2 Å². The summed E-state index contributed by atoms with van der Waals surface area (Å²) in [5, 5.41) is 7.71. The summed E-state index contributed by atoms with van der Waals surface area (Å²) in [7, 11) is 1.55. The van der Waals surface area contributed by atoms with E-state index in [1.807, 2.05) is 6.92 Å². The van der Waals surface area contributed by atoms with Crippen LogP contribution in [0, 0.1) is 12.8 Å². The van der Waals surface area contributed by atoms with E-state index in [1.54, 1.807) is 11.8 Å². The lowest BCUT2D eigenvalue weighted by molar-refractivity contribution is -0.137. The van der Waals surface area contributed by atoms with Gasteiger partial charge in [0.1, 0.15) is 5.02 Å². The van der Waals surface area contributed by atoms with Crippen molar-refractivity contribution in [3.8, 4) is 5.88 Å². The molecule has 1 fully saturated rings. The van der Waals surface area contributed by atoms with E-state index >= 15 is 0 Å². The number of carbonyl (C=O) groups is 1. The standard InChI is InChI=1S/C20H22Cl2F3N3O2/c1-11-17(22)19(30-2)28(27-11)10-12-3-6-14(7-4-12)26-18(29)15-9-13(20(23,24)25)5-8-16(15)21/h5,8-9,12,14H,3-4,6-7,10H2,1-2H3,(H,26,29). The van der Waals surface area contributed by atoms with Crippen LogP contribution in [0.3, 0.4) is 0 Å². The van der Waals surface area contributed by atoms with Gasteiger partial charge in [-0.15, -0.1) is 0 Å². The van der Waals surface area contributed by atoms with Crippen LogP contribution in [0.4, 0.5) is 13.2 Å². The Morgan fingerprint density at radius 3 is 2.53 bits per heavy atom. The van der Waals surface area contributed by atoms with Crippen LogP contribution >= 0.6 is 23.2 Å². The molecule has 0 bridgehead atoms. The zero-order chi connectivity index (χ0) is 22.1. The number of carbonyl (C=O) groups excluding carboxylic acids is 1. The maximum absolute atomic E-state index is 12.9. The molecule has 1 aromatic carbocycles. The summed E-state index contributed by atoms with van der Waals surface area (Å²) in [6, 6.07) is 2.63. The van der Waals surface area contributed by atoms with E-state index in [9.17, 15) is 18.0 Å². The van der Waals surface area contributed by atoms with E-state index in [1.165, 1.54) is 0 Å². The topological polar surface area (TPSA) is 56.1 Å². The Morgan fingerprint density at radius 1 is 1.27 bits per heavy atom. The van der Waals surface area contributed by atoms with Crippen molar-refractivity contribution in [2.75, 3.05) is 7.11 Å². The number of methoxy groups -OCH3 is 1. The van der Waals surface area contributed by atoms with E-state index in [4.69, 9.17) is 27.9 Å². The minimum Gasteiger partial charge on any atom is -0.480 e. The molecular formula is C20H22Cl2F3N3O2. The molecule has 1 amide bonds. The summed E-state index contributed by atoms with van der Waals surface area (Å²) >= 11 is 12.1. The van der Waals surface area contributed by atoms with Crippen molar-refractivity contribution < 1.29 is 22.7 Å². The van der Waals surface area contributed by atoms with Gasteiger partial charge in [0, 0.05) is 12.6 Å². The predicted molar refractivity (Wildman–Crippen MR) is 108 cm³/mol. The molecule has 3 rings (SSSR count). The molecule has 0 atom stereocenters. The number of rotatable bonds is 5. The third kappa shape index (κ3) is 5.03. The number of aryl methyl sites for hydroxylation is 1. The van der Waals surface area contributed by atoms with Crippen molar-refractivity contribution in [1.29, 1.82) is 0 Å². The molecule has 1 saturated carbocycles. The van der Waals surface area contributed by atoms with Crippen LogP contribution in [0.15, 0.2) is 18.2 Å². The first-order valence-corrected chi connectivity index (χ1v) is 10.3. The molecule has 0 saturated heterocycles. The first kappa shape index (κ1) is 22.7. The number of aromatic nitrogens is 2. The fourth-order valence-corrected chi connectivity index (χ4v) is 4.15. The van der Waals surface area contributed by atoms with Gasteiger partial charge in [0.25, 0.3) is 5.91 Å². The molecule has 30 heavy (non-hydrogen) atoms. The molecule has 0 spiro atoms. The summed E-state index contributed by atoms with van der Waals surface area (Å²) < 4.78 is 45.9. The number of nitrogens with zero attached hydrogens (tertiary/aromatic N) is 2. The minimum absolute atomic E-state index is 0.00721. The van der Waals surface area contributed by atoms with E-state index in [2.05, 4.69) is 10.4 Å². The molecule has 10 heteroatoms. The van der Waals surface area contributed by atoms with Gasteiger partial charge < -0.3 is 10.1 Å². The normalized spacial score (nSPS) is 19.6. The highest BCUT2D eigenvalue weighted by Crippen LogP contribution is 2.33. The Balaban J connectivity index is 1.59. The van der Waals surface area contributed by atoms with Crippen LogP contribution < -0.4 is 10.1 Å². The maximum atomic E-state index is 12.9. The lowest BCUT2D eigenvalue weighted by Crippen LogP contribution is -2.38. The molecule has 0 unspecified atom stereocenters. The van der Waals surface area contributed by atoms with Crippen LogP contribution in [-0.4, -0.2) is 28.8 Å². The van der Waals surface area contributed by atoms with Gasteiger partial charge >= 0.3 is 6.18 Å². The number of hydrogen-bond donors (Lipinski definition) is 1. The van der Waals surface area contributed by atoms with Crippen molar-refractivity contribution >= 4 is 29.1 Å². The quantitative estimate of drug-likeness (QED) is 0.635. The zero-order valence-corrected chi connectivity index (χ0v) is 18.0. The second-order valence-corrected chi connectivity index (χ2v) is 8.26. The molecule has 0 radical (unpaired) electrons. The Bertz CT molecular complexity index is 923. The lowest BCUT2D eigenvalue weighted by atomic mass is 9.86. The predicted octanol–water partition coefficient (Wildman–Crippen LogP) is 5.51. The van der Waals surface area contributed by atoms with Crippen LogP contribution in [0.5, 0.6) is 5.88 Å². The number of halogens is 5. The molecule has 2 aromatic rings. The van der Waals surface area contributed by atoms with E-state index in [0.29, 0.717) is 41.9 Å². The maximum Gasteiger partial charge on any atom is 0.416 e. The number of alkyl halides is 3. The summed E-state index contributed by atoms with van der Waals surface area (Å²) in [6.07, 6.45) is -1.44. The van der Waals surface area contributed by atoms with Crippen molar-refractivity contribution in [3.05, 3.63) is 45.1 Å². The Morgan fingerprint density at radius 2 is 1.93 bits per heavy atom. The van der Waals surface area contributed by atoms with Gasteiger partial charge in [-0.05, 0) is 56.7 Å². The average Bonchev–Trinajstić information content (AvgIpc) is 2.95. The zero-order valence-electron chi connectivity index (χ0n) is 16.5. The van der Waals surface area contributed by atoms with Crippen molar-refractivity contribution in [1.82, 2.24) is 15.1 Å². The number of benzene rings is 1. The molecule has 5 nitrogen and oxygen atoms in total. The molecule has 1 aliphatic carbocycles. The van der Waals surface area contributed by atoms with Crippen LogP contribution in [0.25, 0.3) is 0 Å². The molecule has 164 valence electrons. The second kappa shape index (κ2) is 9.06. The van der Waals surface area contributed by atoms with Gasteiger partial charge in [-0.2, -0.15) is 18.3 Å². The van der Waals surface area contributed by atoms with E-state index < -0.39 is 17.6 Å². The van der Waals surface area contributed by atoms with Gasteiger partial charge in [0.05, 0.1) is 29.0 Å². The number of nitrogens with one attached hydrogen (secondary N) is 1. The second-order valence-electron chi connectivity index (χ2n) is 7.47. The third-order valence-corrected chi connectivity index (χ3v) is 6.12. The fourth-order valence-electron chi connectivity index (χ4n) is 3.73. The van der Waals surface area contributed by atoms with Crippen LogP contribution in [0.1, 0.15) is 47.3 Å². The van der Waals surface area contributed by atoms with Gasteiger partial charge in [0.2, 0.25) is 5.88 Å². The largest absolute Gasteiger partial charge is 0.480 e. The highest BCUT2D eigenvalue weighted by atomic mass is 35.5. The molecule has 1 aromatic heterocycles. The summed E-state index contributed by atoms with van der Waals surface area (Å²) in [6.45, 7) is 2.46. The Labute approximate surface area is 182 Å². The first-order chi connectivity index (χ1) is 14.1. The number of ether oxygens (including phenoxy) is 1. The molecule has 0 aliphatic heterocycles. The van der Waals surface area contributed by atoms with E-state index in [-0.39, 0.29) is 16.6 Å². The van der Waals surface area contributed by atoms with Crippen molar-refractivity contribution in [2.45, 2.75) is 51.4 Å². The third-order valence-electron chi connectivity index (χ3n) is 5.36. The van der Waals surface area contributed by atoms with Gasteiger partial charge in [-0.25, -0.2) is 4.68 Å². The summed E-state index contributed by atoms with van der Waals surface area (Å²) in [5.41, 5.74) is -0.365. The smallest absolute Gasteiger partial charge is 0.416 e. The Kier molecular flexibility index (Phi) is 6.87. The first-order valence-electron chi connectivity index (χ1n) is 9.54. The van der Waals surface area contributed by atoms with Crippen molar-refractivity contribution in [2.24, 2.45) is 5.92 Å². The molecular weight excluding hydrogens is 442 g/mol. The highest BCUT2D eigenvalue weighted by Gasteiger charge is 2.32. The lowest BCUT2D eigenvalue weighted by Gasteiger charge is -2.29. The van der Waals surface area contributed by atoms with Crippen LogP contribution in [0.2, 0.25) is 10.0 Å². The highest BCUT2D eigenvalue weighted by molar-refractivity contribution is 6.34. The van der Waals surface area contributed by atoms with Gasteiger partial charge in [-0.3, -0.25) is 4.79 Å². The molecule has 1 aliphatic rings. The average molecular weight is 464 g/mol. The summed E-state index contributed by atoms with van der Waals surface area (Å²) in [4.78, 5) is 12.5. The molecule has 1 N–H and O–H groups in total. The van der Waals surface area contributed by atoms with Crippen molar-refractivity contribution in [3.63, 3.8) is 0 Å². The Hall–Kier alpha value is -1.93. The molecule has 1 heterocycles. The van der Waals surface area contributed by atoms with Crippen LogP contribution in [-0.2, 0) is 12.7 Å². The summed E-state index contributed by atoms with van der Waals surface area (Å²) in [5.74, 6) is 0.272. The van der Waals surface area contributed by atoms with Gasteiger partial charge in [0.15, 0.2) is 0 Å². The monoisotopic (exact) mass is 463 g/mol. The number of amides is 1. The minimum atomic E-state index is -4.54. The SMILES string of the molecule is COc1c(Cl)c(C)nn1CC1CCC(NC(=O)c2cc(C(F)(F)F)ccc2Cl)CC1.